The van der Waals surface area contributed by atoms with Crippen LogP contribution in [0.3, 0.4) is 0 Å². The molecule has 8 heteroatoms. The fourth-order valence-electron chi connectivity index (χ4n) is 5.53. The predicted molar refractivity (Wildman–Crippen MR) is 142 cm³/mol. The third-order valence-electron chi connectivity index (χ3n) is 8.13. The van der Waals surface area contributed by atoms with E-state index in [0.717, 1.165) is 6.42 Å². The zero-order chi connectivity index (χ0) is 25.8. The Hall–Kier alpha value is -3.00. The number of nitrogens with zero attached hydrogens (tertiary/aromatic N) is 3. The first-order valence-electron chi connectivity index (χ1n) is 13.1. The summed E-state index contributed by atoms with van der Waals surface area (Å²) in [7, 11) is 0. The van der Waals surface area contributed by atoms with E-state index in [-0.39, 0.29) is 18.0 Å². The zero-order valence-electron chi connectivity index (χ0n) is 21.5. The van der Waals surface area contributed by atoms with Gasteiger partial charge >= 0.3 is 0 Å². The van der Waals surface area contributed by atoms with Gasteiger partial charge in [0.25, 0.3) is 5.56 Å². The molecule has 2 fully saturated rings. The Kier molecular flexibility index (Phi) is 7.93. The minimum absolute atomic E-state index is 0.120. The molecule has 0 spiro atoms. The van der Waals surface area contributed by atoms with Crippen molar-refractivity contribution in [1.82, 2.24) is 14.5 Å². The number of anilines is 1. The van der Waals surface area contributed by atoms with Crippen molar-refractivity contribution in [2.24, 2.45) is 11.3 Å². The van der Waals surface area contributed by atoms with Crippen LogP contribution < -0.4 is 10.9 Å². The van der Waals surface area contributed by atoms with Gasteiger partial charge in [0.2, 0.25) is 5.91 Å². The summed E-state index contributed by atoms with van der Waals surface area (Å²) in [5.74, 6) is 1.30. The first-order chi connectivity index (χ1) is 17.2. The van der Waals surface area contributed by atoms with Crippen LogP contribution >= 0.6 is 0 Å². The first kappa shape index (κ1) is 26.1. The van der Waals surface area contributed by atoms with E-state index in [2.05, 4.69) is 10.3 Å². The van der Waals surface area contributed by atoms with Gasteiger partial charge in [0, 0.05) is 36.7 Å². The Morgan fingerprint density at radius 3 is 2.72 bits per heavy atom. The Labute approximate surface area is 213 Å². The normalized spacial score (nSPS) is 25.4. The molecule has 8 nitrogen and oxygen atoms in total. The highest BCUT2D eigenvalue weighted by molar-refractivity contribution is 6.09. The van der Waals surface area contributed by atoms with E-state index in [1.807, 2.05) is 30.9 Å². The van der Waals surface area contributed by atoms with Crippen LogP contribution in [0.25, 0.3) is 0 Å². The molecule has 4 rings (SSSR count). The van der Waals surface area contributed by atoms with Crippen LogP contribution in [0, 0.1) is 16.7 Å². The number of hydrogen-bond acceptors (Lipinski definition) is 6. The average Bonchev–Trinajstić information content (AvgIpc) is 2.86. The molecule has 0 aromatic carbocycles. The van der Waals surface area contributed by atoms with Crippen molar-refractivity contribution in [3.63, 3.8) is 0 Å². The molecule has 1 unspecified atom stereocenters. The molecule has 0 bridgehead atoms. The van der Waals surface area contributed by atoms with Gasteiger partial charge in [-0.05, 0) is 24.8 Å². The Morgan fingerprint density at radius 1 is 1.25 bits per heavy atom. The zero-order valence-corrected chi connectivity index (χ0v) is 21.5. The quantitative estimate of drug-likeness (QED) is 0.531. The number of likely N-dealkylation sites (tertiary alicyclic amines) is 1. The van der Waals surface area contributed by atoms with E-state index in [1.165, 1.54) is 42.9 Å². The van der Waals surface area contributed by atoms with E-state index in [0.29, 0.717) is 49.0 Å². The topological polar surface area (TPSA) is 111 Å². The van der Waals surface area contributed by atoms with E-state index in [4.69, 9.17) is 5.41 Å². The summed E-state index contributed by atoms with van der Waals surface area (Å²) in [6.07, 6.45) is 20.0. The van der Waals surface area contributed by atoms with Crippen molar-refractivity contribution in [2.45, 2.75) is 77.4 Å². The lowest BCUT2D eigenvalue weighted by Gasteiger charge is -2.50. The molecule has 194 valence electrons. The lowest BCUT2D eigenvalue weighted by Crippen LogP contribution is -2.60. The van der Waals surface area contributed by atoms with Crippen LogP contribution in [0.1, 0.15) is 65.2 Å². The van der Waals surface area contributed by atoms with Gasteiger partial charge in [-0.1, -0.05) is 64.2 Å². The number of rotatable bonds is 7. The van der Waals surface area contributed by atoms with Crippen LogP contribution in [0.4, 0.5) is 5.82 Å². The third-order valence-corrected chi connectivity index (χ3v) is 8.13. The largest absolute Gasteiger partial charge is 0.387 e. The maximum atomic E-state index is 13.0. The second-order valence-corrected chi connectivity index (χ2v) is 11.1. The summed E-state index contributed by atoms with van der Waals surface area (Å²) in [6.45, 7) is 5.01. The molecule has 1 saturated carbocycles. The summed E-state index contributed by atoms with van der Waals surface area (Å²) in [5.41, 5.74) is -0.936. The SMILES string of the molecule is CC1(C)CN(C(=O)CCC2CCCCC2)CCC1(O)Cn1cc(N/C=C2/C=CC=CC2=N)ncc1=O. The van der Waals surface area contributed by atoms with Crippen LogP contribution in [-0.2, 0) is 11.3 Å². The van der Waals surface area contributed by atoms with E-state index in [9.17, 15) is 14.7 Å². The summed E-state index contributed by atoms with van der Waals surface area (Å²) in [4.78, 5) is 31.6. The summed E-state index contributed by atoms with van der Waals surface area (Å²) < 4.78 is 1.48. The molecule has 2 heterocycles. The number of aliphatic hydroxyl groups is 1. The Balaban J connectivity index is 1.39. The number of piperidine rings is 1. The van der Waals surface area contributed by atoms with Gasteiger partial charge in [-0.25, -0.2) is 4.98 Å². The molecule has 1 saturated heterocycles. The number of nitrogens with one attached hydrogen (secondary N) is 2. The van der Waals surface area contributed by atoms with Gasteiger partial charge in [-0.3, -0.25) is 9.59 Å². The van der Waals surface area contributed by atoms with Crippen LogP contribution in [0.15, 0.2) is 53.3 Å². The maximum absolute atomic E-state index is 13.0. The van der Waals surface area contributed by atoms with Crippen molar-refractivity contribution in [1.29, 1.82) is 5.41 Å². The second kappa shape index (κ2) is 10.9. The highest BCUT2D eigenvalue weighted by Crippen LogP contribution is 2.40. The van der Waals surface area contributed by atoms with E-state index < -0.39 is 11.0 Å². The van der Waals surface area contributed by atoms with Gasteiger partial charge in [0.05, 0.1) is 30.3 Å². The summed E-state index contributed by atoms with van der Waals surface area (Å²) in [6, 6.07) is 0. The third kappa shape index (κ3) is 6.03. The number of hydrogen-bond donors (Lipinski definition) is 3. The Bertz CT molecular complexity index is 1130. The number of allylic oxidation sites excluding steroid dienone is 5. The van der Waals surface area contributed by atoms with Gasteiger partial charge < -0.3 is 25.3 Å². The number of aromatic nitrogens is 2. The van der Waals surface area contributed by atoms with E-state index >= 15 is 0 Å². The maximum Gasteiger partial charge on any atom is 0.269 e. The number of carbonyl (C=O) groups is 1. The molecule has 1 aromatic heterocycles. The van der Waals surface area contributed by atoms with Crippen molar-refractivity contribution in [3.05, 3.63) is 58.8 Å². The lowest BCUT2D eigenvalue weighted by molar-refractivity contribution is -0.154. The van der Waals surface area contributed by atoms with Crippen LogP contribution in [-0.4, -0.2) is 49.9 Å². The van der Waals surface area contributed by atoms with E-state index in [1.54, 1.807) is 24.5 Å². The smallest absolute Gasteiger partial charge is 0.269 e. The first-order valence-corrected chi connectivity index (χ1v) is 13.1. The molecule has 3 N–H and O–H groups in total. The monoisotopic (exact) mass is 493 g/mol. The molecule has 3 aliphatic rings. The van der Waals surface area contributed by atoms with Crippen molar-refractivity contribution >= 4 is 17.4 Å². The molecular weight excluding hydrogens is 454 g/mol. The number of amides is 1. The summed E-state index contributed by atoms with van der Waals surface area (Å²) >= 11 is 0. The minimum Gasteiger partial charge on any atom is -0.387 e. The molecule has 1 atom stereocenters. The van der Waals surface area contributed by atoms with Crippen molar-refractivity contribution < 1.29 is 9.90 Å². The van der Waals surface area contributed by atoms with Crippen molar-refractivity contribution in [2.75, 3.05) is 18.4 Å². The molecular formula is C28H39N5O3. The molecule has 36 heavy (non-hydrogen) atoms. The standard InChI is InChI=1S/C28H39N5O3/c1-27(2)19-32(25(34)13-12-21-8-4-3-5-9-21)15-14-28(27,36)20-33-18-24(31-17-26(33)35)30-16-22-10-6-7-11-23(22)29/h6-7,10-11,16-18,21,29-30,36H,3-5,8-9,12-15,19-20H2,1-2H3/b22-16-,29-23?. The molecule has 1 aliphatic heterocycles. The van der Waals surface area contributed by atoms with Crippen molar-refractivity contribution in [3.8, 4) is 0 Å². The van der Waals surface area contributed by atoms with Gasteiger partial charge in [0.15, 0.2) is 0 Å². The average molecular weight is 494 g/mol. The molecule has 1 aromatic rings. The summed E-state index contributed by atoms with van der Waals surface area (Å²) in [5, 5.41) is 22.7. The fourth-order valence-corrected chi connectivity index (χ4v) is 5.53. The van der Waals surface area contributed by atoms with Gasteiger partial charge in [0.1, 0.15) is 5.82 Å². The van der Waals surface area contributed by atoms with Crippen LogP contribution in [0.2, 0.25) is 0 Å². The van der Waals surface area contributed by atoms with Gasteiger partial charge in [-0.15, -0.1) is 0 Å². The molecule has 2 aliphatic carbocycles. The predicted octanol–water partition coefficient (Wildman–Crippen LogP) is 4.03. The van der Waals surface area contributed by atoms with Gasteiger partial charge in [-0.2, -0.15) is 0 Å². The van der Waals surface area contributed by atoms with Crippen LogP contribution in [0.5, 0.6) is 0 Å². The highest BCUT2D eigenvalue weighted by atomic mass is 16.3. The molecule has 1 amide bonds. The molecule has 0 radical (unpaired) electrons. The lowest BCUT2D eigenvalue weighted by atomic mass is 9.69. The Morgan fingerprint density at radius 2 is 2.00 bits per heavy atom. The fraction of sp³-hybridized carbons (Fsp3) is 0.571. The second-order valence-electron chi connectivity index (χ2n) is 11.1. The minimum atomic E-state index is -1.15. The highest BCUT2D eigenvalue weighted by Gasteiger charge is 2.48. The number of carbonyl (C=O) groups excluding carboxylic acids is 1.